The number of unbranched alkanes of at least 4 members (excludes halogenated alkanes) is 1. The molecule has 0 aromatic rings. The molecule has 84 valence electrons. The van der Waals surface area contributed by atoms with E-state index in [0.29, 0.717) is 6.04 Å². The number of nitrogens with one attached hydrogen (secondary N) is 1. The van der Waals surface area contributed by atoms with Gasteiger partial charge in [0.05, 0.1) is 0 Å². The fourth-order valence-corrected chi connectivity index (χ4v) is 2.17. The Morgan fingerprint density at radius 3 is 2.86 bits per heavy atom. The molecule has 1 heterocycles. The first-order valence-corrected chi connectivity index (χ1v) is 6.14. The standard InChI is InChI=1S/C12H26N2/c1-4-5-6-11(2)13-9-12-7-8-14(3)10-12/h11-13H,4-10H2,1-3H3. The average molecular weight is 198 g/mol. The summed E-state index contributed by atoms with van der Waals surface area (Å²) in [5.74, 6) is 0.893. The molecule has 0 bridgehead atoms. The Hall–Kier alpha value is -0.0800. The maximum atomic E-state index is 3.65. The van der Waals surface area contributed by atoms with Crippen molar-refractivity contribution < 1.29 is 0 Å². The van der Waals surface area contributed by atoms with Crippen LogP contribution in [0.15, 0.2) is 0 Å². The molecule has 2 nitrogen and oxygen atoms in total. The minimum Gasteiger partial charge on any atom is -0.314 e. The van der Waals surface area contributed by atoms with Gasteiger partial charge in [0.25, 0.3) is 0 Å². The van der Waals surface area contributed by atoms with Gasteiger partial charge in [-0.1, -0.05) is 19.8 Å². The molecule has 0 saturated carbocycles. The van der Waals surface area contributed by atoms with Crippen molar-refractivity contribution in [3.05, 3.63) is 0 Å². The van der Waals surface area contributed by atoms with E-state index in [9.17, 15) is 0 Å². The second-order valence-electron chi connectivity index (χ2n) is 4.87. The number of likely N-dealkylation sites (tertiary alicyclic amines) is 1. The van der Waals surface area contributed by atoms with Gasteiger partial charge in [0.1, 0.15) is 0 Å². The van der Waals surface area contributed by atoms with Crippen LogP contribution in [0.1, 0.15) is 39.5 Å². The van der Waals surface area contributed by atoms with Gasteiger partial charge in [-0.05, 0) is 45.8 Å². The summed E-state index contributed by atoms with van der Waals surface area (Å²) in [4.78, 5) is 2.43. The highest BCUT2D eigenvalue weighted by Crippen LogP contribution is 2.13. The number of hydrogen-bond acceptors (Lipinski definition) is 2. The van der Waals surface area contributed by atoms with Crippen LogP contribution in [-0.4, -0.2) is 37.6 Å². The Balaban J connectivity index is 2.02. The Bertz CT molecular complexity index is 147. The zero-order chi connectivity index (χ0) is 10.4. The van der Waals surface area contributed by atoms with Gasteiger partial charge in [-0.2, -0.15) is 0 Å². The fraction of sp³-hybridized carbons (Fsp3) is 1.00. The van der Waals surface area contributed by atoms with Gasteiger partial charge >= 0.3 is 0 Å². The van der Waals surface area contributed by atoms with Gasteiger partial charge in [0, 0.05) is 12.6 Å². The van der Waals surface area contributed by atoms with Crippen LogP contribution in [-0.2, 0) is 0 Å². The maximum absolute atomic E-state index is 3.65. The summed E-state index contributed by atoms with van der Waals surface area (Å²) in [6, 6.07) is 0.709. The zero-order valence-corrected chi connectivity index (χ0v) is 10.1. The molecule has 0 aromatic carbocycles. The molecule has 2 atom stereocenters. The van der Waals surface area contributed by atoms with Crippen molar-refractivity contribution in [2.24, 2.45) is 5.92 Å². The van der Waals surface area contributed by atoms with Crippen LogP contribution in [0.2, 0.25) is 0 Å². The molecule has 1 rings (SSSR count). The topological polar surface area (TPSA) is 15.3 Å². The molecule has 0 aromatic heterocycles. The summed E-state index contributed by atoms with van der Waals surface area (Å²) in [7, 11) is 2.22. The van der Waals surface area contributed by atoms with Crippen molar-refractivity contribution in [3.63, 3.8) is 0 Å². The van der Waals surface area contributed by atoms with E-state index in [2.05, 4.69) is 31.1 Å². The van der Waals surface area contributed by atoms with Crippen LogP contribution in [0.25, 0.3) is 0 Å². The van der Waals surface area contributed by atoms with Crippen LogP contribution < -0.4 is 5.32 Å². The molecule has 2 heteroatoms. The SMILES string of the molecule is CCCCC(C)NCC1CCN(C)C1. The van der Waals surface area contributed by atoms with Gasteiger partial charge in [0.15, 0.2) is 0 Å². The van der Waals surface area contributed by atoms with Gasteiger partial charge in [-0.3, -0.25) is 0 Å². The van der Waals surface area contributed by atoms with E-state index in [0.717, 1.165) is 5.92 Å². The Kier molecular flexibility index (Phi) is 5.49. The van der Waals surface area contributed by atoms with E-state index in [1.165, 1.54) is 45.3 Å². The summed E-state index contributed by atoms with van der Waals surface area (Å²) in [6.45, 7) is 8.37. The van der Waals surface area contributed by atoms with E-state index in [1.54, 1.807) is 0 Å². The molecule has 0 amide bonds. The molecule has 1 N–H and O–H groups in total. The molecular formula is C12H26N2. The van der Waals surface area contributed by atoms with E-state index in [-0.39, 0.29) is 0 Å². The Morgan fingerprint density at radius 2 is 2.29 bits per heavy atom. The van der Waals surface area contributed by atoms with Gasteiger partial charge in [0.2, 0.25) is 0 Å². The highest BCUT2D eigenvalue weighted by Gasteiger charge is 2.19. The third-order valence-electron chi connectivity index (χ3n) is 3.23. The average Bonchev–Trinajstić information content (AvgIpc) is 2.58. The fourth-order valence-electron chi connectivity index (χ4n) is 2.17. The molecule has 1 fully saturated rings. The van der Waals surface area contributed by atoms with Crippen molar-refractivity contribution in [1.29, 1.82) is 0 Å². The quantitative estimate of drug-likeness (QED) is 0.703. The lowest BCUT2D eigenvalue weighted by Crippen LogP contribution is -2.32. The summed E-state index contributed by atoms with van der Waals surface area (Å²) >= 11 is 0. The highest BCUT2D eigenvalue weighted by atomic mass is 15.1. The number of hydrogen-bond donors (Lipinski definition) is 1. The Labute approximate surface area is 89.1 Å². The Morgan fingerprint density at radius 1 is 1.50 bits per heavy atom. The monoisotopic (exact) mass is 198 g/mol. The smallest absolute Gasteiger partial charge is 0.00388 e. The molecule has 1 aliphatic heterocycles. The van der Waals surface area contributed by atoms with Crippen molar-refractivity contribution in [3.8, 4) is 0 Å². The van der Waals surface area contributed by atoms with E-state index in [1.807, 2.05) is 0 Å². The summed E-state index contributed by atoms with van der Waals surface area (Å²) in [5, 5.41) is 3.65. The van der Waals surface area contributed by atoms with Crippen molar-refractivity contribution in [1.82, 2.24) is 10.2 Å². The summed E-state index contributed by atoms with van der Waals surface area (Å²) in [6.07, 6.45) is 5.39. The maximum Gasteiger partial charge on any atom is 0.00388 e. The molecule has 0 aliphatic carbocycles. The molecule has 14 heavy (non-hydrogen) atoms. The molecule has 1 aliphatic rings. The van der Waals surface area contributed by atoms with E-state index >= 15 is 0 Å². The van der Waals surface area contributed by atoms with Crippen LogP contribution >= 0.6 is 0 Å². The summed E-state index contributed by atoms with van der Waals surface area (Å²) < 4.78 is 0. The first-order chi connectivity index (χ1) is 6.72. The summed E-state index contributed by atoms with van der Waals surface area (Å²) in [5.41, 5.74) is 0. The molecular weight excluding hydrogens is 172 g/mol. The highest BCUT2D eigenvalue weighted by molar-refractivity contribution is 4.75. The lowest BCUT2D eigenvalue weighted by atomic mass is 10.1. The van der Waals surface area contributed by atoms with E-state index in [4.69, 9.17) is 0 Å². The molecule has 2 unspecified atom stereocenters. The largest absolute Gasteiger partial charge is 0.314 e. The lowest BCUT2D eigenvalue weighted by molar-refractivity contribution is 0.376. The first kappa shape index (κ1) is 12.0. The second kappa shape index (κ2) is 6.41. The van der Waals surface area contributed by atoms with Gasteiger partial charge in [-0.25, -0.2) is 0 Å². The molecule has 1 saturated heterocycles. The lowest BCUT2D eigenvalue weighted by Gasteiger charge is -2.16. The molecule has 0 radical (unpaired) electrons. The predicted molar refractivity (Wildman–Crippen MR) is 62.6 cm³/mol. The third kappa shape index (κ3) is 4.43. The van der Waals surface area contributed by atoms with Gasteiger partial charge < -0.3 is 10.2 Å². The third-order valence-corrected chi connectivity index (χ3v) is 3.23. The van der Waals surface area contributed by atoms with Crippen LogP contribution in [0.5, 0.6) is 0 Å². The number of rotatable bonds is 6. The minimum absolute atomic E-state index is 0.709. The van der Waals surface area contributed by atoms with Crippen LogP contribution in [0.4, 0.5) is 0 Å². The molecule has 0 spiro atoms. The second-order valence-corrected chi connectivity index (χ2v) is 4.87. The first-order valence-electron chi connectivity index (χ1n) is 6.14. The van der Waals surface area contributed by atoms with Crippen molar-refractivity contribution in [2.45, 2.75) is 45.6 Å². The van der Waals surface area contributed by atoms with Crippen LogP contribution in [0.3, 0.4) is 0 Å². The number of nitrogens with zero attached hydrogens (tertiary/aromatic N) is 1. The predicted octanol–water partition coefficient (Wildman–Crippen LogP) is 2.11. The van der Waals surface area contributed by atoms with Crippen LogP contribution in [0, 0.1) is 5.92 Å². The minimum atomic E-state index is 0.709. The van der Waals surface area contributed by atoms with E-state index < -0.39 is 0 Å². The normalized spacial score (nSPS) is 25.5. The van der Waals surface area contributed by atoms with Crippen molar-refractivity contribution in [2.75, 3.05) is 26.7 Å². The van der Waals surface area contributed by atoms with Crippen molar-refractivity contribution >= 4 is 0 Å². The van der Waals surface area contributed by atoms with Gasteiger partial charge in [-0.15, -0.1) is 0 Å². The zero-order valence-electron chi connectivity index (χ0n) is 10.1.